The second kappa shape index (κ2) is 35.0. The van der Waals surface area contributed by atoms with Crippen molar-refractivity contribution >= 4 is 23.9 Å². The maximum Gasteiger partial charge on any atom is 0.362 e. The van der Waals surface area contributed by atoms with E-state index in [0.29, 0.717) is 17.9 Å². The van der Waals surface area contributed by atoms with Crippen molar-refractivity contribution in [3.8, 4) is 0 Å². The summed E-state index contributed by atoms with van der Waals surface area (Å²) in [6, 6.07) is 0. The van der Waals surface area contributed by atoms with Crippen molar-refractivity contribution < 1.29 is 56.1 Å². The van der Waals surface area contributed by atoms with Crippen molar-refractivity contribution in [3.05, 3.63) is 0 Å². The molecular weight excluding hydrogens is 977 g/mol. The third-order valence-electron chi connectivity index (χ3n) is 17.9. The molecule has 0 aromatic rings. The fourth-order valence-electron chi connectivity index (χ4n) is 14.2. The van der Waals surface area contributed by atoms with Gasteiger partial charge in [0.15, 0.2) is 26.2 Å². The second-order valence-electron chi connectivity index (χ2n) is 28.9. The number of esters is 4. The van der Waals surface area contributed by atoms with Crippen LogP contribution in [-0.4, -0.2) is 173 Å². The molecule has 12 heteroatoms. The zero-order valence-corrected chi connectivity index (χ0v) is 53.6. The summed E-state index contributed by atoms with van der Waals surface area (Å²) < 4.78 is 29.5. The Balaban J connectivity index is 1.93. The number of ether oxygens (including phenoxy) is 4. The van der Waals surface area contributed by atoms with E-state index in [2.05, 4.69) is 84.1 Å². The first-order chi connectivity index (χ1) is 36.9. The Bertz CT molecular complexity index is 1430. The number of carbonyl (C=O) groups is 4. The van der Waals surface area contributed by atoms with Gasteiger partial charge in [-0.05, 0) is 51.4 Å². The van der Waals surface area contributed by atoms with Gasteiger partial charge in [0, 0.05) is 38.5 Å². The second-order valence-corrected chi connectivity index (χ2v) is 28.9. The first kappa shape index (κ1) is 70.0. The molecule has 0 unspecified atom stereocenters. The Morgan fingerprint density at radius 3 is 0.551 bits per heavy atom. The maximum absolute atomic E-state index is 14.6. The highest BCUT2D eigenvalue weighted by Crippen LogP contribution is 2.65. The molecule has 0 saturated heterocycles. The number of hydrogen-bond donors (Lipinski definition) is 0. The van der Waals surface area contributed by atoms with Crippen LogP contribution in [0.5, 0.6) is 0 Å². The molecule has 4 aliphatic rings. The molecule has 0 aromatic carbocycles. The number of hydrogen-bond acceptors (Lipinski definition) is 8. The first-order valence-corrected chi connectivity index (χ1v) is 33.0. The molecule has 4 rings (SSSR count). The van der Waals surface area contributed by atoms with E-state index in [0.717, 1.165) is 77.5 Å². The smallest absolute Gasteiger partial charge is 0.362 e. The van der Waals surface area contributed by atoms with Gasteiger partial charge < -0.3 is 36.9 Å². The van der Waals surface area contributed by atoms with E-state index in [1.165, 1.54) is 154 Å². The molecule has 78 heavy (non-hydrogen) atoms. The Hall–Kier alpha value is -2.28. The minimum absolute atomic E-state index is 0.184. The van der Waals surface area contributed by atoms with Gasteiger partial charge in [0.1, 0.15) is 22.4 Å². The largest absolute Gasteiger partial charge is 0.454 e. The molecule has 0 spiro atoms. The maximum atomic E-state index is 14.6. The highest BCUT2D eigenvalue weighted by Gasteiger charge is 2.75. The molecule has 0 aliphatic heterocycles. The Morgan fingerprint density at radius 2 is 0.397 bits per heavy atom. The SMILES string of the molecule is CCCCCCCCCC[N+](C)(C)CC(=O)OC12CC3(OC(=O)C[N+](C)(C)CCCCCCCCCC)CC(OC(=O)C[N+](C)(C)CCCCCCCCCC)(C1)CC(OC(=O)C[N+](C)(C)CCCCCCCCCC)(C2)C3. The van der Waals surface area contributed by atoms with Crippen LogP contribution in [0.1, 0.15) is 272 Å². The van der Waals surface area contributed by atoms with E-state index in [9.17, 15) is 19.2 Å². The van der Waals surface area contributed by atoms with Gasteiger partial charge in [0.2, 0.25) is 0 Å². The lowest BCUT2D eigenvalue weighted by Crippen LogP contribution is -2.75. The topological polar surface area (TPSA) is 105 Å². The van der Waals surface area contributed by atoms with Gasteiger partial charge in [0.05, 0.1) is 82.6 Å². The summed E-state index contributed by atoms with van der Waals surface area (Å²) >= 11 is 0. The van der Waals surface area contributed by atoms with Crippen LogP contribution in [0.2, 0.25) is 0 Å². The van der Waals surface area contributed by atoms with Gasteiger partial charge in [-0.2, -0.15) is 0 Å². The van der Waals surface area contributed by atoms with E-state index in [-0.39, 0.29) is 88.6 Å². The highest BCUT2D eigenvalue weighted by molar-refractivity contribution is 5.74. The summed E-state index contributed by atoms with van der Waals surface area (Å²) in [4.78, 5) is 58.4. The van der Waals surface area contributed by atoms with Crippen LogP contribution in [0.3, 0.4) is 0 Å². The minimum atomic E-state index is -1.17. The van der Waals surface area contributed by atoms with Gasteiger partial charge in [-0.25, -0.2) is 19.2 Å². The first-order valence-electron chi connectivity index (χ1n) is 33.0. The van der Waals surface area contributed by atoms with Crippen molar-refractivity contribution in [1.29, 1.82) is 0 Å². The summed E-state index contributed by atoms with van der Waals surface area (Å²) in [5, 5.41) is 0. The summed E-state index contributed by atoms with van der Waals surface area (Å²) in [5.74, 6) is -1.28. The number of carbonyl (C=O) groups excluding carboxylic acids is 4. The molecule has 0 radical (unpaired) electrons. The zero-order valence-electron chi connectivity index (χ0n) is 53.6. The number of likely N-dealkylation sites (N-methyl/N-ethyl adjacent to an activating group) is 4. The molecule has 0 N–H and O–H groups in total. The average Bonchev–Trinajstić information content (AvgIpc) is 3.31. The van der Waals surface area contributed by atoms with Crippen molar-refractivity contribution in [2.45, 2.75) is 294 Å². The molecule has 12 nitrogen and oxygen atoms in total. The molecule has 0 aromatic heterocycles. The predicted octanol–water partition coefficient (Wildman–Crippen LogP) is 14.4. The quantitative estimate of drug-likeness (QED) is 0.0257. The molecule has 0 amide bonds. The summed E-state index contributed by atoms with van der Waals surface area (Å²) in [5.41, 5.74) is -4.68. The van der Waals surface area contributed by atoms with E-state index >= 15 is 0 Å². The summed E-state index contributed by atoms with van der Waals surface area (Å²) in [6.45, 7) is 13.2. The van der Waals surface area contributed by atoms with Gasteiger partial charge in [-0.15, -0.1) is 0 Å². The molecule has 4 saturated carbocycles. The lowest BCUT2D eigenvalue weighted by Gasteiger charge is -2.66. The van der Waals surface area contributed by atoms with Gasteiger partial charge in [0.25, 0.3) is 0 Å². The summed E-state index contributed by atoms with van der Waals surface area (Å²) in [6.07, 6.45) is 40.8. The van der Waals surface area contributed by atoms with E-state index in [1.807, 2.05) is 0 Å². The number of unbranched alkanes of at least 4 members (excludes halogenated alkanes) is 28. The molecule has 4 bridgehead atoms. The van der Waals surface area contributed by atoms with Crippen LogP contribution in [-0.2, 0) is 38.1 Å². The Kier molecular flexibility index (Phi) is 31.4. The third kappa shape index (κ3) is 28.1. The predicted molar refractivity (Wildman–Crippen MR) is 321 cm³/mol. The molecular formula is C66H128N4O8+4. The molecule has 456 valence electrons. The fraction of sp³-hybridized carbons (Fsp3) is 0.939. The van der Waals surface area contributed by atoms with Crippen LogP contribution in [0.25, 0.3) is 0 Å². The van der Waals surface area contributed by atoms with E-state index < -0.39 is 22.4 Å². The van der Waals surface area contributed by atoms with E-state index in [4.69, 9.17) is 18.9 Å². The minimum Gasteiger partial charge on any atom is -0.454 e. The Labute approximate surface area is 480 Å². The van der Waals surface area contributed by atoms with Crippen LogP contribution in [0, 0.1) is 0 Å². The lowest BCUT2D eigenvalue weighted by atomic mass is 9.48. The number of nitrogens with zero attached hydrogens (tertiary/aromatic N) is 4. The van der Waals surface area contributed by atoms with Gasteiger partial charge >= 0.3 is 23.9 Å². The zero-order chi connectivity index (χ0) is 57.7. The molecule has 0 atom stereocenters. The molecule has 4 aliphatic carbocycles. The lowest BCUT2D eigenvalue weighted by molar-refractivity contribution is -0.883. The average molecular weight is 1110 g/mol. The Morgan fingerprint density at radius 1 is 0.256 bits per heavy atom. The van der Waals surface area contributed by atoms with Gasteiger partial charge in [-0.3, -0.25) is 0 Å². The van der Waals surface area contributed by atoms with Crippen molar-refractivity contribution in [2.75, 3.05) is 109 Å². The van der Waals surface area contributed by atoms with Crippen LogP contribution < -0.4 is 0 Å². The fourth-order valence-corrected chi connectivity index (χ4v) is 14.2. The highest BCUT2D eigenvalue weighted by atomic mass is 16.6. The van der Waals surface area contributed by atoms with E-state index in [1.54, 1.807) is 0 Å². The molecule has 4 fully saturated rings. The standard InChI is InChI=1S/C66H128N4O8/c1-13-17-21-25-29-33-37-41-45-67(5,6)49-59(71)75-63-53-64(76-60(72)50-68(7,8)46-42-38-34-30-26-22-18-14-2)56-65(54-63,77-61(73)51-69(9,10)47-43-39-35-31-27-23-19-15-3)58-66(55-63,57-64)78-62(74)52-70(11,12)48-44-40-36-32-28-24-20-16-4/h13-58H2,1-12H3/q+4. The van der Waals surface area contributed by atoms with Crippen molar-refractivity contribution in [2.24, 2.45) is 0 Å². The number of rotatable bonds is 48. The van der Waals surface area contributed by atoms with Crippen molar-refractivity contribution in [1.82, 2.24) is 0 Å². The molecule has 0 heterocycles. The van der Waals surface area contributed by atoms with Crippen LogP contribution >= 0.6 is 0 Å². The van der Waals surface area contributed by atoms with Crippen molar-refractivity contribution in [3.63, 3.8) is 0 Å². The van der Waals surface area contributed by atoms with Gasteiger partial charge in [-0.1, -0.05) is 182 Å². The van der Waals surface area contributed by atoms with Crippen LogP contribution in [0.4, 0.5) is 0 Å². The summed E-state index contributed by atoms with van der Waals surface area (Å²) in [7, 11) is 16.8. The van der Waals surface area contributed by atoms with Crippen LogP contribution in [0.15, 0.2) is 0 Å². The number of quaternary nitrogens is 4. The monoisotopic (exact) mass is 1100 g/mol. The third-order valence-corrected chi connectivity index (χ3v) is 17.9. The normalized spacial score (nSPS) is 22.2.